The van der Waals surface area contributed by atoms with Gasteiger partial charge < -0.3 is 9.67 Å². The zero-order chi connectivity index (χ0) is 14.2. The predicted octanol–water partition coefficient (Wildman–Crippen LogP) is 3.48. The molecule has 0 bridgehead atoms. The Morgan fingerprint density at radius 2 is 1.89 bits per heavy atom. The Hall–Kier alpha value is -1.40. The second-order valence-electron chi connectivity index (χ2n) is 3.98. The van der Waals surface area contributed by atoms with Crippen LogP contribution in [0.3, 0.4) is 0 Å². The first-order valence-corrected chi connectivity index (χ1v) is 6.88. The van der Waals surface area contributed by atoms with E-state index in [2.05, 4.69) is 31.9 Å². The average Bonchev–Trinajstić information content (AvgIpc) is 2.70. The van der Waals surface area contributed by atoms with Gasteiger partial charge in [0.2, 0.25) is 0 Å². The molecule has 0 aliphatic rings. The van der Waals surface area contributed by atoms with E-state index in [1.165, 1.54) is 16.8 Å². The van der Waals surface area contributed by atoms with Gasteiger partial charge in [0, 0.05) is 33.3 Å². The third-order valence-electron chi connectivity index (χ3n) is 2.66. The summed E-state index contributed by atoms with van der Waals surface area (Å²) in [7, 11) is 1.59. The quantitative estimate of drug-likeness (QED) is 0.821. The largest absolute Gasteiger partial charge is 0.477 e. The Kier molecular flexibility index (Phi) is 3.91. The van der Waals surface area contributed by atoms with Crippen LogP contribution in [0.5, 0.6) is 0 Å². The molecular weight excluding hydrogens is 378 g/mol. The molecule has 0 radical (unpaired) electrons. The van der Waals surface area contributed by atoms with E-state index in [1.807, 2.05) is 0 Å². The lowest BCUT2D eigenvalue weighted by Gasteiger charge is -2.02. The zero-order valence-corrected chi connectivity index (χ0v) is 13.0. The molecule has 1 aromatic carbocycles. The van der Waals surface area contributed by atoms with E-state index in [4.69, 9.17) is 5.11 Å². The van der Waals surface area contributed by atoms with Crippen LogP contribution in [0, 0.1) is 0 Å². The molecule has 0 aliphatic heterocycles. The summed E-state index contributed by atoms with van der Waals surface area (Å²) in [6.45, 7) is 0. The SMILES string of the molecule is Cn1cc(C(=O)c2ccc(Br)cc2Br)cc1C(=O)O. The minimum atomic E-state index is -1.06. The number of ketones is 1. The molecular formula is C13H9Br2NO3. The van der Waals surface area contributed by atoms with Crippen molar-refractivity contribution >= 4 is 43.6 Å². The number of nitrogens with zero attached hydrogens (tertiary/aromatic N) is 1. The molecule has 0 saturated heterocycles. The van der Waals surface area contributed by atoms with Crippen LogP contribution in [-0.2, 0) is 7.05 Å². The van der Waals surface area contributed by atoms with Crippen LogP contribution in [0.1, 0.15) is 26.4 Å². The number of aromatic nitrogens is 1. The highest BCUT2D eigenvalue weighted by molar-refractivity contribution is 9.11. The Balaban J connectivity index is 2.44. The molecule has 0 aliphatic carbocycles. The molecule has 1 heterocycles. The van der Waals surface area contributed by atoms with Crippen molar-refractivity contribution in [3.05, 3.63) is 56.2 Å². The maximum atomic E-state index is 12.3. The number of carboxylic acid groups (broad SMARTS) is 1. The van der Waals surface area contributed by atoms with Gasteiger partial charge in [-0.3, -0.25) is 4.79 Å². The molecule has 4 nitrogen and oxygen atoms in total. The Morgan fingerprint density at radius 1 is 1.21 bits per heavy atom. The summed E-state index contributed by atoms with van der Waals surface area (Å²) < 4.78 is 2.94. The van der Waals surface area contributed by atoms with E-state index in [0.29, 0.717) is 15.6 Å². The first kappa shape index (κ1) is 14.0. The fourth-order valence-corrected chi connectivity index (χ4v) is 2.96. The predicted molar refractivity (Wildman–Crippen MR) is 77.6 cm³/mol. The van der Waals surface area contributed by atoms with Crippen LogP contribution in [0.4, 0.5) is 0 Å². The van der Waals surface area contributed by atoms with Crippen molar-refractivity contribution < 1.29 is 14.7 Å². The number of hydrogen-bond donors (Lipinski definition) is 1. The standard InChI is InChI=1S/C13H9Br2NO3/c1-16-6-7(4-11(16)13(18)19)12(17)9-3-2-8(14)5-10(9)15/h2-6H,1H3,(H,18,19). The molecule has 19 heavy (non-hydrogen) atoms. The Morgan fingerprint density at radius 3 is 2.42 bits per heavy atom. The molecule has 0 amide bonds. The van der Waals surface area contributed by atoms with Gasteiger partial charge in [-0.25, -0.2) is 4.79 Å². The van der Waals surface area contributed by atoms with Crippen molar-refractivity contribution in [1.29, 1.82) is 0 Å². The number of carbonyl (C=O) groups excluding carboxylic acids is 1. The molecule has 0 atom stereocenters. The van der Waals surface area contributed by atoms with Crippen molar-refractivity contribution in [3.63, 3.8) is 0 Å². The van der Waals surface area contributed by atoms with Crippen LogP contribution >= 0.6 is 31.9 Å². The van der Waals surface area contributed by atoms with E-state index < -0.39 is 5.97 Å². The van der Waals surface area contributed by atoms with E-state index in [0.717, 1.165) is 4.47 Å². The van der Waals surface area contributed by atoms with Crippen LogP contribution in [0.15, 0.2) is 39.4 Å². The number of halogens is 2. The van der Waals surface area contributed by atoms with Crippen molar-refractivity contribution in [2.45, 2.75) is 0 Å². The summed E-state index contributed by atoms with van der Waals surface area (Å²) in [4.78, 5) is 23.3. The van der Waals surface area contributed by atoms with Crippen LogP contribution in [0.25, 0.3) is 0 Å². The Labute approximate surface area is 126 Å². The molecule has 98 valence electrons. The second kappa shape index (κ2) is 5.30. The minimum absolute atomic E-state index is 0.0802. The van der Waals surface area contributed by atoms with Gasteiger partial charge in [-0.1, -0.05) is 15.9 Å². The number of benzene rings is 1. The molecule has 0 saturated carbocycles. The molecule has 1 aromatic heterocycles. The van der Waals surface area contributed by atoms with E-state index >= 15 is 0 Å². The lowest BCUT2D eigenvalue weighted by atomic mass is 10.1. The minimum Gasteiger partial charge on any atom is -0.477 e. The summed E-state index contributed by atoms with van der Waals surface area (Å²) in [6.07, 6.45) is 1.51. The summed E-state index contributed by atoms with van der Waals surface area (Å²) in [6, 6.07) is 6.59. The lowest BCUT2D eigenvalue weighted by Crippen LogP contribution is -2.02. The number of hydrogen-bond acceptors (Lipinski definition) is 2. The second-order valence-corrected chi connectivity index (χ2v) is 5.75. The summed E-state index contributed by atoms with van der Waals surface area (Å²) in [5.74, 6) is -1.28. The van der Waals surface area contributed by atoms with Gasteiger partial charge >= 0.3 is 5.97 Å². The van der Waals surface area contributed by atoms with Gasteiger partial charge in [-0.15, -0.1) is 0 Å². The highest BCUT2D eigenvalue weighted by Crippen LogP contribution is 2.24. The highest BCUT2D eigenvalue weighted by Gasteiger charge is 2.18. The number of carbonyl (C=O) groups is 2. The van der Waals surface area contributed by atoms with Gasteiger partial charge in [0.05, 0.1) is 0 Å². The van der Waals surface area contributed by atoms with Crippen molar-refractivity contribution in [3.8, 4) is 0 Å². The normalized spacial score (nSPS) is 10.5. The van der Waals surface area contributed by atoms with Crippen LogP contribution in [0.2, 0.25) is 0 Å². The molecule has 0 unspecified atom stereocenters. The first-order valence-electron chi connectivity index (χ1n) is 5.29. The summed E-state index contributed by atoms with van der Waals surface area (Å²) >= 11 is 6.64. The van der Waals surface area contributed by atoms with Gasteiger partial charge in [0.1, 0.15) is 5.69 Å². The number of aryl methyl sites for hydroxylation is 1. The summed E-state index contributed by atoms with van der Waals surface area (Å²) in [5, 5.41) is 8.97. The monoisotopic (exact) mass is 385 g/mol. The molecule has 0 spiro atoms. The van der Waals surface area contributed by atoms with Crippen LogP contribution in [-0.4, -0.2) is 21.4 Å². The first-order chi connectivity index (χ1) is 8.90. The van der Waals surface area contributed by atoms with Crippen LogP contribution < -0.4 is 0 Å². The van der Waals surface area contributed by atoms with Crippen molar-refractivity contribution in [2.75, 3.05) is 0 Å². The van der Waals surface area contributed by atoms with Gasteiger partial charge in [-0.2, -0.15) is 0 Å². The molecule has 6 heteroatoms. The van der Waals surface area contributed by atoms with Gasteiger partial charge in [0.15, 0.2) is 5.78 Å². The third kappa shape index (κ3) is 2.79. The number of carboxylic acids is 1. The van der Waals surface area contributed by atoms with Crippen molar-refractivity contribution in [1.82, 2.24) is 4.57 Å². The summed E-state index contributed by atoms with van der Waals surface area (Å²) in [5.41, 5.74) is 0.922. The maximum absolute atomic E-state index is 12.3. The number of rotatable bonds is 3. The smallest absolute Gasteiger partial charge is 0.352 e. The van der Waals surface area contributed by atoms with Gasteiger partial charge in [-0.05, 0) is 40.2 Å². The van der Waals surface area contributed by atoms with Gasteiger partial charge in [0.25, 0.3) is 0 Å². The molecule has 1 N–H and O–H groups in total. The van der Waals surface area contributed by atoms with E-state index in [1.54, 1.807) is 25.2 Å². The number of aromatic carboxylic acids is 1. The average molecular weight is 387 g/mol. The fraction of sp³-hybridized carbons (Fsp3) is 0.0769. The lowest BCUT2D eigenvalue weighted by molar-refractivity contribution is 0.0686. The molecule has 2 aromatic rings. The maximum Gasteiger partial charge on any atom is 0.352 e. The molecule has 0 fully saturated rings. The van der Waals surface area contributed by atoms with E-state index in [9.17, 15) is 9.59 Å². The zero-order valence-electron chi connectivity index (χ0n) is 9.85. The molecule has 2 rings (SSSR count). The third-order valence-corrected chi connectivity index (χ3v) is 3.81. The topological polar surface area (TPSA) is 59.3 Å². The van der Waals surface area contributed by atoms with E-state index in [-0.39, 0.29) is 11.5 Å². The highest BCUT2D eigenvalue weighted by atomic mass is 79.9. The Bertz CT molecular complexity index is 677. The fourth-order valence-electron chi connectivity index (χ4n) is 1.73. The van der Waals surface area contributed by atoms with Crippen molar-refractivity contribution in [2.24, 2.45) is 7.05 Å².